The number of hydrogen-bond acceptors (Lipinski definition) is 3. The van der Waals surface area contributed by atoms with Gasteiger partial charge in [-0.3, -0.25) is 4.79 Å². The molecule has 1 N–H and O–H groups in total. The van der Waals surface area contributed by atoms with Crippen molar-refractivity contribution >= 4 is 12.2 Å². The van der Waals surface area contributed by atoms with Gasteiger partial charge in [-0.2, -0.15) is 0 Å². The van der Waals surface area contributed by atoms with E-state index < -0.39 is 0 Å². The first-order valence-corrected chi connectivity index (χ1v) is 10.0. The number of amides is 1. The van der Waals surface area contributed by atoms with Gasteiger partial charge in [0.25, 0.3) is 0 Å². The van der Waals surface area contributed by atoms with Crippen molar-refractivity contribution in [3.05, 3.63) is 0 Å². The number of nitrogens with one attached hydrogen (secondary N) is 1. The summed E-state index contributed by atoms with van der Waals surface area (Å²) in [5, 5.41) is 3.06. The molecule has 4 heteroatoms. The maximum absolute atomic E-state index is 12.1. The Morgan fingerprint density at radius 3 is 2.25 bits per heavy atom. The lowest BCUT2D eigenvalue weighted by molar-refractivity contribution is -0.127. The standard InChI is InChI=1S/C18H32N2O2.C2H6/c1-15(2)19-17(22)16-5-7-18(8-6-16)9-12-20(13-10-18)11-3-4-14-21;1-2/h14-16H,3-13H2,1-2H3,(H,19,22);1-2H3. The number of carbonyl (C=O) groups excluding carboxylic acids is 2. The minimum atomic E-state index is 0.235. The second-order valence-corrected chi connectivity index (χ2v) is 7.59. The zero-order valence-corrected chi connectivity index (χ0v) is 16.3. The van der Waals surface area contributed by atoms with E-state index in [2.05, 4.69) is 10.2 Å². The number of piperidine rings is 1. The maximum Gasteiger partial charge on any atom is 0.223 e. The smallest absolute Gasteiger partial charge is 0.223 e. The molecule has 2 fully saturated rings. The third kappa shape index (κ3) is 6.54. The van der Waals surface area contributed by atoms with Crippen LogP contribution in [0.25, 0.3) is 0 Å². The molecule has 140 valence electrons. The van der Waals surface area contributed by atoms with E-state index in [-0.39, 0.29) is 17.9 Å². The summed E-state index contributed by atoms with van der Waals surface area (Å²) in [6.45, 7) is 11.5. The van der Waals surface area contributed by atoms with Crippen LogP contribution in [0.5, 0.6) is 0 Å². The van der Waals surface area contributed by atoms with Crippen molar-refractivity contribution in [1.29, 1.82) is 0 Å². The molecule has 1 saturated carbocycles. The number of hydrogen-bond donors (Lipinski definition) is 1. The summed E-state index contributed by atoms with van der Waals surface area (Å²) in [7, 11) is 0. The maximum atomic E-state index is 12.1. The molecule has 4 nitrogen and oxygen atoms in total. The Labute approximate surface area is 148 Å². The second-order valence-electron chi connectivity index (χ2n) is 7.59. The molecule has 1 amide bonds. The van der Waals surface area contributed by atoms with Gasteiger partial charge < -0.3 is 15.0 Å². The van der Waals surface area contributed by atoms with Crippen LogP contribution < -0.4 is 5.32 Å². The van der Waals surface area contributed by atoms with Gasteiger partial charge >= 0.3 is 0 Å². The van der Waals surface area contributed by atoms with Gasteiger partial charge in [0, 0.05) is 18.4 Å². The highest BCUT2D eigenvalue weighted by atomic mass is 16.2. The Bertz CT molecular complexity index is 364. The van der Waals surface area contributed by atoms with Crippen molar-refractivity contribution in [2.45, 2.75) is 85.1 Å². The van der Waals surface area contributed by atoms with Crippen LogP contribution in [0.15, 0.2) is 0 Å². The zero-order valence-electron chi connectivity index (χ0n) is 16.3. The fourth-order valence-electron chi connectivity index (χ4n) is 4.04. The minimum Gasteiger partial charge on any atom is -0.354 e. The van der Waals surface area contributed by atoms with Crippen LogP contribution >= 0.6 is 0 Å². The van der Waals surface area contributed by atoms with E-state index in [1.807, 2.05) is 27.7 Å². The Morgan fingerprint density at radius 1 is 1.17 bits per heavy atom. The van der Waals surface area contributed by atoms with Gasteiger partial charge in [0.2, 0.25) is 5.91 Å². The Kier molecular flexibility index (Phi) is 9.57. The van der Waals surface area contributed by atoms with Crippen LogP contribution in [0.3, 0.4) is 0 Å². The third-order valence-electron chi connectivity index (χ3n) is 5.56. The van der Waals surface area contributed by atoms with Gasteiger partial charge in [-0.1, -0.05) is 13.8 Å². The highest BCUT2D eigenvalue weighted by Gasteiger charge is 2.39. The van der Waals surface area contributed by atoms with Crippen LogP contribution in [0.1, 0.15) is 79.1 Å². The van der Waals surface area contributed by atoms with Gasteiger partial charge in [0.05, 0.1) is 0 Å². The fourth-order valence-corrected chi connectivity index (χ4v) is 4.04. The Balaban J connectivity index is 0.00000139. The molecular weight excluding hydrogens is 300 g/mol. The van der Waals surface area contributed by atoms with Crippen molar-refractivity contribution in [3.63, 3.8) is 0 Å². The molecule has 1 aliphatic heterocycles. The van der Waals surface area contributed by atoms with Gasteiger partial charge in [-0.25, -0.2) is 0 Å². The molecule has 2 rings (SSSR count). The molecule has 0 bridgehead atoms. The first-order chi connectivity index (χ1) is 11.5. The van der Waals surface area contributed by atoms with E-state index >= 15 is 0 Å². The molecule has 1 spiro atoms. The van der Waals surface area contributed by atoms with Gasteiger partial charge in [-0.05, 0) is 83.8 Å². The third-order valence-corrected chi connectivity index (χ3v) is 5.56. The molecule has 0 unspecified atom stereocenters. The summed E-state index contributed by atoms with van der Waals surface area (Å²) in [6.07, 6.45) is 9.79. The van der Waals surface area contributed by atoms with Crippen LogP contribution in [0.2, 0.25) is 0 Å². The first-order valence-electron chi connectivity index (χ1n) is 10.0. The van der Waals surface area contributed by atoms with Crippen molar-refractivity contribution in [2.24, 2.45) is 11.3 Å². The lowest BCUT2D eigenvalue weighted by Crippen LogP contribution is -2.44. The van der Waals surface area contributed by atoms with Crippen LogP contribution in [0.4, 0.5) is 0 Å². The molecule has 2 aliphatic rings. The molecule has 1 aliphatic carbocycles. The molecule has 0 aromatic heterocycles. The molecule has 0 atom stereocenters. The normalized spacial score (nSPS) is 21.2. The molecule has 1 heterocycles. The number of rotatable bonds is 6. The predicted octanol–water partition coefficient (Wildman–Crippen LogP) is 3.79. The fraction of sp³-hybridized carbons (Fsp3) is 0.900. The lowest BCUT2D eigenvalue weighted by Gasteiger charge is -2.45. The largest absolute Gasteiger partial charge is 0.354 e. The number of aldehydes is 1. The molecule has 1 saturated heterocycles. The summed E-state index contributed by atoms with van der Waals surface area (Å²) < 4.78 is 0. The van der Waals surface area contributed by atoms with Crippen LogP contribution in [-0.2, 0) is 9.59 Å². The van der Waals surface area contributed by atoms with Gasteiger partial charge in [0.15, 0.2) is 0 Å². The van der Waals surface area contributed by atoms with Crippen LogP contribution in [-0.4, -0.2) is 42.8 Å². The van der Waals surface area contributed by atoms with Crippen molar-refractivity contribution in [2.75, 3.05) is 19.6 Å². The minimum absolute atomic E-state index is 0.235. The van der Waals surface area contributed by atoms with E-state index in [1.165, 1.54) is 38.8 Å². The van der Waals surface area contributed by atoms with Gasteiger partial charge in [0.1, 0.15) is 6.29 Å². The van der Waals surface area contributed by atoms with Crippen molar-refractivity contribution < 1.29 is 9.59 Å². The van der Waals surface area contributed by atoms with Crippen LogP contribution in [0, 0.1) is 11.3 Å². The predicted molar refractivity (Wildman–Crippen MR) is 100.0 cm³/mol. The SMILES string of the molecule is CC.CC(C)NC(=O)C1CCC2(CC1)CCN(CCCC=O)CC2. The molecule has 0 aromatic rings. The summed E-state index contributed by atoms with van der Waals surface area (Å²) in [5.41, 5.74) is 0.496. The topological polar surface area (TPSA) is 49.4 Å². The first kappa shape index (κ1) is 21.1. The zero-order chi connectivity index (χ0) is 18.0. The van der Waals surface area contributed by atoms with E-state index in [9.17, 15) is 9.59 Å². The molecule has 0 radical (unpaired) electrons. The van der Waals surface area contributed by atoms with E-state index in [1.54, 1.807) is 0 Å². The Morgan fingerprint density at radius 2 is 1.75 bits per heavy atom. The number of unbranched alkanes of at least 4 members (excludes halogenated alkanes) is 1. The monoisotopic (exact) mass is 338 g/mol. The molecular formula is C20H38N2O2. The summed E-state index contributed by atoms with van der Waals surface area (Å²) in [5.74, 6) is 0.495. The summed E-state index contributed by atoms with van der Waals surface area (Å²) in [6, 6.07) is 0.248. The van der Waals surface area contributed by atoms with E-state index in [0.29, 0.717) is 11.8 Å². The summed E-state index contributed by atoms with van der Waals surface area (Å²) >= 11 is 0. The van der Waals surface area contributed by atoms with E-state index in [4.69, 9.17) is 0 Å². The number of nitrogens with zero attached hydrogens (tertiary/aromatic N) is 1. The molecule has 0 aromatic carbocycles. The summed E-state index contributed by atoms with van der Waals surface area (Å²) in [4.78, 5) is 25.0. The average molecular weight is 339 g/mol. The number of likely N-dealkylation sites (tertiary alicyclic amines) is 1. The second kappa shape index (κ2) is 10.9. The highest BCUT2D eigenvalue weighted by Crippen LogP contribution is 2.46. The van der Waals surface area contributed by atoms with E-state index in [0.717, 1.165) is 32.1 Å². The van der Waals surface area contributed by atoms with Crippen molar-refractivity contribution in [1.82, 2.24) is 10.2 Å². The number of carbonyl (C=O) groups is 2. The van der Waals surface area contributed by atoms with Crippen molar-refractivity contribution in [3.8, 4) is 0 Å². The highest BCUT2D eigenvalue weighted by molar-refractivity contribution is 5.78. The average Bonchev–Trinajstić information content (AvgIpc) is 2.59. The Hall–Kier alpha value is -0.900. The quantitative estimate of drug-likeness (QED) is 0.592. The van der Waals surface area contributed by atoms with Gasteiger partial charge in [-0.15, -0.1) is 0 Å². The molecule has 24 heavy (non-hydrogen) atoms. The lowest BCUT2D eigenvalue weighted by atomic mass is 9.65.